The average Bonchev–Trinajstić information content (AvgIpc) is 2.26. The van der Waals surface area contributed by atoms with Crippen LogP contribution in [0.1, 0.15) is 30.7 Å². The zero-order valence-corrected chi connectivity index (χ0v) is 11.7. The molecule has 18 heavy (non-hydrogen) atoms. The SMILES string of the molecule is Cc1cc(C)c(CO)c(N2CCOC(C)(C)C2)n1. The van der Waals surface area contributed by atoms with Gasteiger partial charge >= 0.3 is 0 Å². The first-order valence-electron chi connectivity index (χ1n) is 6.40. The van der Waals surface area contributed by atoms with Crippen molar-refractivity contribution in [1.82, 2.24) is 4.98 Å². The molecule has 0 saturated carbocycles. The van der Waals surface area contributed by atoms with E-state index in [0.29, 0.717) is 6.61 Å². The van der Waals surface area contributed by atoms with Crippen molar-refractivity contribution in [1.29, 1.82) is 0 Å². The van der Waals surface area contributed by atoms with Gasteiger partial charge in [0.25, 0.3) is 0 Å². The molecule has 0 aromatic carbocycles. The lowest BCUT2D eigenvalue weighted by molar-refractivity contribution is -0.0280. The van der Waals surface area contributed by atoms with Gasteiger partial charge in [0, 0.05) is 24.3 Å². The first-order valence-corrected chi connectivity index (χ1v) is 6.40. The Morgan fingerprint density at radius 3 is 2.78 bits per heavy atom. The van der Waals surface area contributed by atoms with E-state index in [1.165, 1.54) is 0 Å². The number of aryl methyl sites for hydroxylation is 2. The summed E-state index contributed by atoms with van der Waals surface area (Å²) in [6, 6.07) is 2.01. The van der Waals surface area contributed by atoms with Gasteiger partial charge in [-0.25, -0.2) is 4.98 Å². The summed E-state index contributed by atoms with van der Waals surface area (Å²) in [4.78, 5) is 6.82. The molecule has 4 nitrogen and oxygen atoms in total. The number of aliphatic hydroxyl groups excluding tert-OH is 1. The highest BCUT2D eigenvalue weighted by Crippen LogP contribution is 2.27. The predicted octanol–water partition coefficient (Wildman–Crippen LogP) is 1.81. The van der Waals surface area contributed by atoms with E-state index in [2.05, 4.69) is 23.7 Å². The summed E-state index contributed by atoms with van der Waals surface area (Å²) in [6.07, 6.45) is 0. The van der Waals surface area contributed by atoms with Gasteiger partial charge in [0.15, 0.2) is 0 Å². The number of ether oxygens (including phenoxy) is 1. The van der Waals surface area contributed by atoms with E-state index >= 15 is 0 Å². The maximum Gasteiger partial charge on any atom is 0.134 e. The maximum atomic E-state index is 9.55. The minimum absolute atomic E-state index is 0.0340. The minimum Gasteiger partial charge on any atom is -0.392 e. The molecule has 0 aliphatic carbocycles. The van der Waals surface area contributed by atoms with Crippen molar-refractivity contribution < 1.29 is 9.84 Å². The fourth-order valence-corrected chi connectivity index (χ4v) is 2.50. The summed E-state index contributed by atoms with van der Waals surface area (Å²) in [5.74, 6) is 0.909. The number of hydrogen-bond acceptors (Lipinski definition) is 4. The Hall–Kier alpha value is -1.13. The molecule has 0 unspecified atom stereocenters. The van der Waals surface area contributed by atoms with E-state index < -0.39 is 0 Å². The molecule has 1 aliphatic heterocycles. The van der Waals surface area contributed by atoms with Gasteiger partial charge in [0.1, 0.15) is 5.82 Å². The van der Waals surface area contributed by atoms with Gasteiger partial charge < -0.3 is 14.7 Å². The smallest absolute Gasteiger partial charge is 0.134 e. The van der Waals surface area contributed by atoms with E-state index in [0.717, 1.165) is 35.7 Å². The lowest BCUT2D eigenvalue weighted by atomic mass is 10.1. The molecule has 1 aromatic rings. The Morgan fingerprint density at radius 1 is 1.44 bits per heavy atom. The van der Waals surface area contributed by atoms with E-state index in [1.807, 2.05) is 19.9 Å². The van der Waals surface area contributed by atoms with Crippen LogP contribution in [0.25, 0.3) is 0 Å². The van der Waals surface area contributed by atoms with Crippen LogP contribution in [0.15, 0.2) is 6.07 Å². The number of rotatable bonds is 2. The van der Waals surface area contributed by atoms with Crippen molar-refractivity contribution in [3.8, 4) is 0 Å². The van der Waals surface area contributed by atoms with Crippen LogP contribution in [0.2, 0.25) is 0 Å². The molecular weight excluding hydrogens is 228 g/mol. The van der Waals surface area contributed by atoms with E-state index in [9.17, 15) is 5.11 Å². The highest BCUT2D eigenvalue weighted by molar-refractivity contribution is 5.52. The highest BCUT2D eigenvalue weighted by atomic mass is 16.5. The predicted molar refractivity (Wildman–Crippen MR) is 71.9 cm³/mol. The molecule has 0 radical (unpaired) electrons. The van der Waals surface area contributed by atoms with E-state index in [4.69, 9.17) is 4.74 Å². The molecule has 1 aliphatic rings. The van der Waals surface area contributed by atoms with Gasteiger partial charge in [0.05, 0.1) is 18.8 Å². The number of pyridine rings is 1. The molecule has 1 N–H and O–H groups in total. The normalized spacial score (nSPS) is 19.1. The zero-order valence-electron chi connectivity index (χ0n) is 11.7. The largest absolute Gasteiger partial charge is 0.392 e. The minimum atomic E-state index is -0.162. The van der Waals surface area contributed by atoms with Crippen LogP contribution < -0.4 is 4.90 Å². The van der Waals surface area contributed by atoms with Crippen LogP contribution in [0.5, 0.6) is 0 Å². The number of hydrogen-bond donors (Lipinski definition) is 1. The quantitative estimate of drug-likeness (QED) is 0.869. The molecule has 0 spiro atoms. The second kappa shape index (κ2) is 4.86. The molecule has 4 heteroatoms. The summed E-state index contributed by atoms with van der Waals surface area (Å²) in [7, 11) is 0. The van der Waals surface area contributed by atoms with Crippen LogP contribution in [-0.4, -0.2) is 35.4 Å². The van der Waals surface area contributed by atoms with Gasteiger partial charge in [-0.15, -0.1) is 0 Å². The Kier molecular flexibility index (Phi) is 3.59. The fraction of sp³-hybridized carbons (Fsp3) is 0.643. The van der Waals surface area contributed by atoms with Gasteiger partial charge in [0.2, 0.25) is 0 Å². The maximum absolute atomic E-state index is 9.55. The Bertz CT molecular complexity index is 444. The van der Waals surface area contributed by atoms with Crippen LogP contribution in [0.3, 0.4) is 0 Å². The third-order valence-corrected chi connectivity index (χ3v) is 3.34. The molecular formula is C14H22N2O2. The van der Waals surface area contributed by atoms with Crippen molar-refractivity contribution in [3.05, 3.63) is 22.9 Å². The van der Waals surface area contributed by atoms with Crippen LogP contribution in [0.4, 0.5) is 5.82 Å². The summed E-state index contributed by atoms with van der Waals surface area (Å²) in [6.45, 7) is 10.5. The average molecular weight is 250 g/mol. The number of nitrogens with zero attached hydrogens (tertiary/aromatic N) is 2. The summed E-state index contributed by atoms with van der Waals surface area (Å²) in [5, 5.41) is 9.55. The number of aliphatic hydroxyl groups is 1. The molecule has 100 valence electrons. The monoisotopic (exact) mass is 250 g/mol. The zero-order chi connectivity index (χ0) is 13.3. The molecule has 2 heterocycles. The topological polar surface area (TPSA) is 45.6 Å². The van der Waals surface area contributed by atoms with Crippen LogP contribution >= 0.6 is 0 Å². The summed E-state index contributed by atoms with van der Waals surface area (Å²) in [5.41, 5.74) is 2.86. The van der Waals surface area contributed by atoms with Crippen molar-refractivity contribution in [2.75, 3.05) is 24.6 Å². The standard InChI is InChI=1S/C14H22N2O2/c1-10-7-11(2)15-13(12(10)8-17)16-5-6-18-14(3,4)9-16/h7,17H,5-6,8-9H2,1-4H3. The highest BCUT2D eigenvalue weighted by Gasteiger charge is 2.29. The summed E-state index contributed by atoms with van der Waals surface area (Å²) < 4.78 is 5.72. The lowest BCUT2D eigenvalue weighted by Crippen LogP contribution is -2.49. The third kappa shape index (κ3) is 2.65. The lowest BCUT2D eigenvalue weighted by Gasteiger charge is -2.39. The third-order valence-electron chi connectivity index (χ3n) is 3.34. The van der Waals surface area contributed by atoms with Crippen LogP contribution in [0, 0.1) is 13.8 Å². The van der Waals surface area contributed by atoms with Crippen LogP contribution in [-0.2, 0) is 11.3 Å². The Labute approximate surface area is 109 Å². The van der Waals surface area contributed by atoms with Gasteiger partial charge in [-0.3, -0.25) is 0 Å². The molecule has 1 aromatic heterocycles. The molecule has 2 rings (SSSR count). The van der Waals surface area contributed by atoms with E-state index in [-0.39, 0.29) is 12.2 Å². The van der Waals surface area contributed by atoms with Crippen molar-refractivity contribution >= 4 is 5.82 Å². The second-order valence-electron chi connectivity index (χ2n) is 5.57. The van der Waals surface area contributed by atoms with Gasteiger partial charge in [-0.1, -0.05) is 0 Å². The van der Waals surface area contributed by atoms with Gasteiger partial charge in [-0.2, -0.15) is 0 Å². The number of aromatic nitrogens is 1. The number of anilines is 1. The molecule has 0 amide bonds. The molecule has 1 fully saturated rings. The van der Waals surface area contributed by atoms with Gasteiger partial charge in [-0.05, 0) is 39.3 Å². The first kappa shape index (κ1) is 13.3. The Morgan fingerprint density at radius 2 is 2.17 bits per heavy atom. The number of morpholine rings is 1. The summed E-state index contributed by atoms with van der Waals surface area (Å²) >= 11 is 0. The fourth-order valence-electron chi connectivity index (χ4n) is 2.50. The molecule has 0 bridgehead atoms. The van der Waals surface area contributed by atoms with Crippen molar-refractivity contribution in [3.63, 3.8) is 0 Å². The van der Waals surface area contributed by atoms with E-state index in [1.54, 1.807) is 0 Å². The second-order valence-corrected chi connectivity index (χ2v) is 5.57. The molecule has 0 atom stereocenters. The van der Waals surface area contributed by atoms with Crippen molar-refractivity contribution in [2.24, 2.45) is 0 Å². The first-order chi connectivity index (χ1) is 8.43. The molecule has 1 saturated heterocycles. The van der Waals surface area contributed by atoms with Crippen molar-refractivity contribution in [2.45, 2.75) is 39.9 Å². The Balaban J connectivity index is 2.37.